The molecule has 140 valence electrons. The van der Waals surface area contributed by atoms with Crippen LogP contribution in [0.25, 0.3) is 0 Å². The number of hydrogen-bond donors (Lipinski definition) is 1. The van der Waals surface area contributed by atoms with Gasteiger partial charge in [0.05, 0.1) is 11.6 Å². The van der Waals surface area contributed by atoms with Crippen molar-refractivity contribution < 1.29 is 14.1 Å². The van der Waals surface area contributed by atoms with Crippen LogP contribution in [0.1, 0.15) is 46.8 Å². The third kappa shape index (κ3) is 4.68. The zero-order chi connectivity index (χ0) is 19.2. The van der Waals surface area contributed by atoms with E-state index in [2.05, 4.69) is 10.5 Å². The Morgan fingerprint density at radius 2 is 2.00 bits per heavy atom. The number of benzene rings is 2. The van der Waals surface area contributed by atoms with E-state index in [1.807, 2.05) is 37.3 Å². The minimum atomic E-state index is -0.285. The highest BCUT2D eigenvalue weighted by Crippen LogP contribution is 2.22. The summed E-state index contributed by atoms with van der Waals surface area (Å²) in [5.41, 5.74) is 1.91. The van der Waals surface area contributed by atoms with Crippen LogP contribution in [0.5, 0.6) is 5.75 Å². The van der Waals surface area contributed by atoms with E-state index in [1.165, 1.54) is 0 Å². The number of carbonyl (C=O) groups is 1. The van der Waals surface area contributed by atoms with Gasteiger partial charge in [0, 0.05) is 5.02 Å². The van der Waals surface area contributed by atoms with Gasteiger partial charge in [-0.15, -0.1) is 0 Å². The molecule has 0 aliphatic carbocycles. The van der Waals surface area contributed by atoms with Crippen molar-refractivity contribution in [2.24, 2.45) is 0 Å². The molecular formula is C21H21ClN2O3. The van der Waals surface area contributed by atoms with Crippen molar-refractivity contribution in [3.8, 4) is 5.75 Å². The molecule has 1 atom stereocenters. The molecule has 2 aromatic carbocycles. The average molecular weight is 385 g/mol. The molecule has 0 fully saturated rings. The summed E-state index contributed by atoms with van der Waals surface area (Å²) >= 11 is 5.97. The van der Waals surface area contributed by atoms with E-state index in [1.54, 1.807) is 31.2 Å². The number of hydrogen-bond acceptors (Lipinski definition) is 4. The molecule has 1 unspecified atom stereocenters. The zero-order valence-corrected chi connectivity index (χ0v) is 16.0. The summed E-state index contributed by atoms with van der Waals surface area (Å²) in [5.74, 6) is 0.882. The lowest BCUT2D eigenvalue weighted by molar-refractivity contribution is 0.0924. The fraction of sp³-hybridized carbons (Fsp3) is 0.238. The second kappa shape index (κ2) is 8.73. The first kappa shape index (κ1) is 19.0. The van der Waals surface area contributed by atoms with Crippen LogP contribution < -0.4 is 10.1 Å². The number of ether oxygens (including phenoxy) is 1. The summed E-state index contributed by atoms with van der Waals surface area (Å²) in [6.45, 7) is 3.95. The Bertz CT molecular complexity index is 909. The van der Waals surface area contributed by atoms with Gasteiger partial charge in [-0.1, -0.05) is 60.1 Å². The largest absolute Gasteiger partial charge is 0.489 e. The number of aryl methyl sites for hydroxylation is 1. The standard InChI is InChI=1S/C21H21ClN2O3/c1-3-19(15-8-5-4-6-9-15)23-21(25)20-18(14(2)27-24-20)13-26-17-11-7-10-16(22)12-17/h4-12,19H,3,13H2,1-2H3,(H,23,25). The zero-order valence-electron chi connectivity index (χ0n) is 15.2. The Morgan fingerprint density at radius 3 is 2.70 bits per heavy atom. The van der Waals surface area contributed by atoms with Crippen molar-refractivity contribution in [1.82, 2.24) is 10.5 Å². The van der Waals surface area contributed by atoms with E-state index in [0.717, 1.165) is 12.0 Å². The van der Waals surface area contributed by atoms with Gasteiger partial charge < -0.3 is 14.6 Å². The van der Waals surface area contributed by atoms with E-state index >= 15 is 0 Å². The normalized spacial score (nSPS) is 11.8. The molecule has 0 saturated heterocycles. The lowest BCUT2D eigenvalue weighted by Gasteiger charge is -2.17. The van der Waals surface area contributed by atoms with E-state index in [4.69, 9.17) is 20.9 Å². The van der Waals surface area contributed by atoms with Crippen molar-refractivity contribution in [2.45, 2.75) is 32.9 Å². The quantitative estimate of drug-likeness (QED) is 0.615. The summed E-state index contributed by atoms with van der Waals surface area (Å²) in [4.78, 5) is 12.8. The molecule has 5 nitrogen and oxygen atoms in total. The van der Waals surface area contributed by atoms with Crippen LogP contribution in [-0.4, -0.2) is 11.1 Å². The van der Waals surface area contributed by atoms with Gasteiger partial charge in [0.15, 0.2) is 5.69 Å². The molecule has 1 amide bonds. The van der Waals surface area contributed by atoms with Gasteiger partial charge in [-0.05, 0) is 37.1 Å². The molecule has 0 aliphatic heterocycles. The van der Waals surface area contributed by atoms with Crippen molar-refractivity contribution in [2.75, 3.05) is 0 Å². The second-order valence-corrected chi connectivity index (χ2v) is 6.59. The fourth-order valence-corrected chi connectivity index (χ4v) is 2.97. The van der Waals surface area contributed by atoms with E-state index < -0.39 is 0 Å². The smallest absolute Gasteiger partial charge is 0.274 e. The van der Waals surface area contributed by atoms with Crippen LogP contribution in [0.3, 0.4) is 0 Å². The van der Waals surface area contributed by atoms with Crippen molar-refractivity contribution in [1.29, 1.82) is 0 Å². The van der Waals surface area contributed by atoms with Gasteiger partial charge >= 0.3 is 0 Å². The predicted molar refractivity (Wildman–Crippen MR) is 104 cm³/mol. The number of nitrogens with zero attached hydrogens (tertiary/aromatic N) is 1. The van der Waals surface area contributed by atoms with Crippen molar-refractivity contribution >= 4 is 17.5 Å². The molecule has 0 aliphatic rings. The first-order chi connectivity index (χ1) is 13.1. The summed E-state index contributed by atoms with van der Waals surface area (Å²) in [7, 11) is 0. The lowest BCUT2D eigenvalue weighted by Crippen LogP contribution is -2.29. The predicted octanol–water partition coefficient (Wildman–Crippen LogP) is 5.10. The van der Waals surface area contributed by atoms with Gasteiger partial charge in [0.1, 0.15) is 18.1 Å². The first-order valence-corrected chi connectivity index (χ1v) is 9.15. The molecule has 1 heterocycles. The Kier molecular flexibility index (Phi) is 6.14. The van der Waals surface area contributed by atoms with Crippen molar-refractivity contribution in [3.63, 3.8) is 0 Å². The van der Waals surface area contributed by atoms with Crippen LogP contribution in [-0.2, 0) is 6.61 Å². The molecule has 1 N–H and O–H groups in total. The SMILES string of the molecule is CCC(NC(=O)c1noc(C)c1COc1cccc(Cl)c1)c1ccccc1. The Hall–Kier alpha value is -2.79. The first-order valence-electron chi connectivity index (χ1n) is 8.77. The summed E-state index contributed by atoms with van der Waals surface area (Å²) in [6, 6.07) is 16.8. The monoisotopic (exact) mass is 384 g/mol. The summed E-state index contributed by atoms with van der Waals surface area (Å²) in [5, 5.41) is 7.54. The number of carbonyl (C=O) groups excluding carboxylic acids is 1. The van der Waals surface area contributed by atoms with Crippen LogP contribution in [0.2, 0.25) is 5.02 Å². The van der Waals surface area contributed by atoms with Gasteiger partial charge in [-0.2, -0.15) is 0 Å². The van der Waals surface area contributed by atoms with E-state index in [0.29, 0.717) is 22.1 Å². The minimum absolute atomic E-state index is 0.0996. The number of nitrogens with one attached hydrogen (secondary N) is 1. The highest BCUT2D eigenvalue weighted by Gasteiger charge is 2.23. The molecule has 0 bridgehead atoms. The third-order valence-corrected chi connectivity index (χ3v) is 4.53. The summed E-state index contributed by atoms with van der Waals surface area (Å²) < 4.78 is 11.0. The molecule has 0 spiro atoms. The number of amides is 1. The van der Waals surface area contributed by atoms with Crippen LogP contribution >= 0.6 is 11.6 Å². The molecule has 3 aromatic rings. The molecule has 27 heavy (non-hydrogen) atoms. The molecule has 3 rings (SSSR count). The molecule has 0 saturated carbocycles. The molecule has 1 aromatic heterocycles. The molecular weight excluding hydrogens is 364 g/mol. The van der Waals surface area contributed by atoms with E-state index in [-0.39, 0.29) is 24.2 Å². The maximum absolute atomic E-state index is 12.8. The maximum Gasteiger partial charge on any atom is 0.274 e. The fourth-order valence-electron chi connectivity index (χ4n) is 2.78. The highest BCUT2D eigenvalue weighted by molar-refractivity contribution is 6.30. The Morgan fingerprint density at radius 1 is 1.22 bits per heavy atom. The Balaban J connectivity index is 1.74. The van der Waals surface area contributed by atoms with Gasteiger partial charge in [-0.3, -0.25) is 4.79 Å². The van der Waals surface area contributed by atoms with Crippen LogP contribution in [0, 0.1) is 6.92 Å². The van der Waals surface area contributed by atoms with Gasteiger partial charge in [-0.25, -0.2) is 0 Å². The van der Waals surface area contributed by atoms with Gasteiger partial charge in [0.2, 0.25) is 0 Å². The lowest BCUT2D eigenvalue weighted by atomic mass is 10.0. The Labute approximate surface area is 163 Å². The number of rotatable bonds is 7. The van der Waals surface area contributed by atoms with Crippen molar-refractivity contribution in [3.05, 3.63) is 82.2 Å². The topological polar surface area (TPSA) is 64.4 Å². The van der Waals surface area contributed by atoms with E-state index in [9.17, 15) is 4.79 Å². The summed E-state index contributed by atoms with van der Waals surface area (Å²) in [6.07, 6.45) is 0.765. The maximum atomic E-state index is 12.8. The van der Waals surface area contributed by atoms with Gasteiger partial charge in [0.25, 0.3) is 5.91 Å². The number of halogens is 1. The molecule has 0 radical (unpaired) electrons. The van der Waals surface area contributed by atoms with Crippen LogP contribution in [0.4, 0.5) is 0 Å². The highest BCUT2D eigenvalue weighted by atomic mass is 35.5. The average Bonchev–Trinajstić information content (AvgIpc) is 3.05. The van der Waals surface area contributed by atoms with Crippen LogP contribution in [0.15, 0.2) is 59.1 Å². The number of aromatic nitrogens is 1. The molecule has 6 heteroatoms. The second-order valence-electron chi connectivity index (χ2n) is 6.16. The third-order valence-electron chi connectivity index (χ3n) is 4.29. The minimum Gasteiger partial charge on any atom is -0.489 e.